The third-order valence-corrected chi connectivity index (χ3v) is 2.42. The van der Waals surface area contributed by atoms with Gasteiger partial charge in [0.15, 0.2) is 0 Å². The molecule has 4 nitrogen and oxygen atoms in total. The minimum Gasteiger partial charge on any atom is -0.394 e. The highest BCUT2D eigenvalue weighted by Crippen LogP contribution is 2.13. The fraction of sp³-hybridized carbons (Fsp3) is 0.400. The molecule has 0 radical (unpaired) electrons. The van der Waals surface area contributed by atoms with Gasteiger partial charge in [0.2, 0.25) is 0 Å². The quantitative estimate of drug-likeness (QED) is 0.664. The van der Waals surface area contributed by atoms with E-state index in [2.05, 4.69) is 10.3 Å². The number of hydrogen-bond acceptors (Lipinski definition) is 3. The largest absolute Gasteiger partial charge is 0.394 e. The number of pyridine rings is 1. The number of hydrogen-bond donors (Lipinski definition) is 2. The lowest BCUT2D eigenvalue weighted by Gasteiger charge is -2.10. The Labute approximate surface area is 82.0 Å². The number of aryl methyl sites for hydroxylation is 1. The molecule has 74 valence electrons. The summed E-state index contributed by atoms with van der Waals surface area (Å²) < 4.78 is 0. The molecular formula is C10H12N2O2. The van der Waals surface area contributed by atoms with Gasteiger partial charge in [-0.2, -0.15) is 0 Å². The Bertz CT molecular complexity index is 352. The van der Waals surface area contributed by atoms with E-state index in [1.165, 1.54) is 0 Å². The summed E-state index contributed by atoms with van der Waals surface area (Å²) in [4.78, 5) is 15.6. The standard InChI is InChI=1S/C10H12N2O2/c13-6-8-4-3-7-2-1-5-11-9(7)10(14)12-8/h1-2,5,8,13H,3-4,6H2,(H,12,14). The van der Waals surface area contributed by atoms with Gasteiger partial charge >= 0.3 is 0 Å². The SMILES string of the molecule is O=C1NC(CO)CCc2cccnc21. The van der Waals surface area contributed by atoms with Crippen LogP contribution >= 0.6 is 0 Å². The highest BCUT2D eigenvalue weighted by atomic mass is 16.3. The van der Waals surface area contributed by atoms with Crippen LogP contribution in [-0.2, 0) is 6.42 Å². The smallest absolute Gasteiger partial charge is 0.270 e. The maximum absolute atomic E-state index is 11.6. The van der Waals surface area contributed by atoms with Crippen molar-refractivity contribution < 1.29 is 9.90 Å². The molecule has 1 amide bonds. The summed E-state index contributed by atoms with van der Waals surface area (Å²) in [5.74, 6) is -0.183. The van der Waals surface area contributed by atoms with Crippen molar-refractivity contribution >= 4 is 5.91 Å². The zero-order chi connectivity index (χ0) is 9.97. The van der Waals surface area contributed by atoms with E-state index in [-0.39, 0.29) is 18.6 Å². The first-order valence-corrected chi connectivity index (χ1v) is 4.67. The Kier molecular flexibility index (Phi) is 2.45. The number of aromatic nitrogens is 1. The second-order valence-corrected chi connectivity index (χ2v) is 3.40. The summed E-state index contributed by atoms with van der Waals surface area (Å²) >= 11 is 0. The van der Waals surface area contributed by atoms with Gasteiger partial charge < -0.3 is 10.4 Å². The highest BCUT2D eigenvalue weighted by Gasteiger charge is 2.21. The zero-order valence-electron chi connectivity index (χ0n) is 7.73. The van der Waals surface area contributed by atoms with Crippen molar-refractivity contribution in [3.8, 4) is 0 Å². The Morgan fingerprint density at radius 3 is 3.29 bits per heavy atom. The molecule has 0 fully saturated rings. The fourth-order valence-electron chi connectivity index (χ4n) is 1.64. The van der Waals surface area contributed by atoms with Gasteiger partial charge in [0.25, 0.3) is 5.91 Å². The molecule has 2 rings (SSSR count). The van der Waals surface area contributed by atoms with E-state index in [9.17, 15) is 4.79 Å². The average Bonchev–Trinajstić information content (AvgIpc) is 2.39. The maximum atomic E-state index is 11.6. The number of amides is 1. The maximum Gasteiger partial charge on any atom is 0.270 e. The second-order valence-electron chi connectivity index (χ2n) is 3.40. The van der Waals surface area contributed by atoms with Gasteiger partial charge in [-0.15, -0.1) is 0 Å². The van der Waals surface area contributed by atoms with E-state index in [4.69, 9.17) is 5.11 Å². The first-order chi connectivity index (χ1) is 6.81. The van der Waals surface area contributed by atoms with Crippen LogP contribution in [-0.4, -0.2) is 28.6 Å². The summed E-state index contributed by atoms with van der Waals surface area (Å²) in [6.07, 6.45) is 3.16. The van der Waals surface area contributed by atoms with Crippen molar-refractivity contribution in [1.82, 2.24) is 10.3 Å². The molecule has 4 heteroatoms. The molecule has 1 aliphatic rings. The molecule has 2 heterocycles. The molecular weight excluding hydrogens is 180 g/mol. The van der Waals surface area contributed by atoms with E-state index < -0.39 is 0 Å². The van der Waals surface area contributed by atoms with Crippen LogP contribution in [0.15, 0.2) is 18.3 Å². The average molecular weight is 192 g/mol. The molecule has 0 aliphatic carbocycles. The molecule has 0 aromatic carbocycles. The Morgan fingerprint density at radius 2 is 2.50 bits per heavy atom. The number of aliphatic hydroxyl groups is 1. The van der Waals surface area contributed by atoms with Crippen molar-refractivity contribution in [3.05, 3.63) is 29.6 Å². The van der Waals surface area contributed by atoms with Crippen molar-refractivity contribution in [3.63, 3.8) is 0 Å². The van der Waals surface area contributed by atoms with Crippen LogP contribution < -0.4 is 5.32 Å². The lowest BCUT2D eigenvalue weighted by molar-refractivity contribution is 0.0915. The molecule has 1 aliphatic heterocycles. The summed E-state index contributed by atoms with van der Waals surface area (Å²) in [5, 5.41) is 11.7. The van der Waals surface area contributed by atoms with Crippen LogP contribution in [0.4, 0.5) is 0 Å². The van der Waals surface area contributed by atoms with Gasteiger partial charge in [-0.1, -0.05) is 6.07 Å². The van der Waals surface area contributed by atoms with Crippen LogP contribution in [0.5, 0.6) is 0 Å². The van der Waals surface area contributed by atoms with Crippen LogP contribution in [0.2, 0.25) is 0 Å². The molecule has 1 atom stereocenters. The van der Waals surface area contributed by atoms with Gasteiger partial charge in [-0.3, -0.25) is 9.78 Å². The lowest BCUT2D eigenvalue weighted by Crippen LogP contribution is -2.36. The molecule has 0 bridgehead atoms. The number of carbonyl (C=O) groups excluding carboxylic acids is 1. The number of aliphatic hydroxyl groups excluding tert-OH is 1. The number of carbonyl (C=O) groups is 1. The van der Waals surface area contributed by atoms with Gasteiger partial charge in [0, 0.05) is 6.20 Å². The van der Waals surface area contributed by atoms with Crippen LogP contribution in [0.3, 0.4) is 0 Å². The van der Waals surface area contributed by atoms with E-state index >= 15 is 0 Å². The van der Waals surface area contributed by atoms with Crippen molar-refractivity contribution in [2.45, 2.75) is 18.9 Å². The number of fused-ring (bicyclic) bond motifs is 1. The summed E-state index contributed by atoms with van der Waals surface area (Å²) in [6.45, 7) is -0.0142. The molecule has 1 aromatic rings. The van der Waals surface area contributed by atoms with Gasteiger partial charge in [-0.05, 0) is 24.5 Å². The third kappa shape index (κ3) is 1.61. The van der Waals surface area contributed by atoms with E-state index in [0.29, 0.717) is 5.69 Å². The van der Waals surface area contributed by atoms with Crippen LogP contribution in [0.1, 0.15) is 22.5 Å². The molecule has 1 aromatic heterocycles. The Hall–Kier alpha value is -1.42. The van der Waals surface area contributed by atoms with Gasteiger partial charge in [-0.25, -0.2) is 0 Å². The summed E-state index contributed by atoms with van der Waals surface area (Å²) in [6, 6.07) is 3.59. The normalized spacial score (nSPS) is 20.9. The second kappa shape index (κ2) is 3.75. The molecule has 0 saturated carbocycles. The van der Waals surface area contributed by atoms with Crippen LogP contribution in [0.25, 0.3) is 0 Å². The molecule has 1 unspecified atom stereocenters. The molecule has 0 spiro atoms. The van der Waals surface area contributed by atoms with Crippen molar-refractivity contribution in [2.75, 3.05) is 6.61 Å². The summed E-state index contributed by atoms with van der Waals surface area (Å²) in [7, 11) is 0. The third-order valence-electron chi connectivity index (χ3n) is 2.42. The predicted molar refractivity (Wildman–Crippen MR) is 50.9 cm³/mol. The highest BCUT2D eigenvalue weighted by molar-refractivity contribution is 5.94. The number of rotatable bonds is 1. The van der Waals surface area contributed by atoms with Crippen molar-refractivity contribution in [1.29, 1.82) is 0 Å². The molecule has 2 N–H and O–H groups in total. The van der Waals surface area contributed by atoms with E-state index in [1.54, 1.807) is 6.20 Å². The van der Waals surface area contributed by atoms with Crippen LogP contribution in [0, 0.1) is 0 Å². The Morgan fingerprint density at radius 1 is 1.64 bits per heavy atom. The minimum absolute atomic E-state index is 0.0142. The number of nitrogens with one attached hydrogen (secondary N) is 1. The van der Waals surface area contributed by atoms with E-state index in [1.807, 2.05) is 12.1 Å². The topological polar surface area (TPSA) is 62.2 Å². The zero-order valence-corrected chi connectivity index (χ0v) is 7.73. The van der Waals surface area contributed by atoms with E-state index in [0.717, 1.165) is 18.4 Å². The van der Waals surface area contributed by atoms with Gasteiger partial charge in [0.1, 0.15) is 5.69 Å². The molecule has 14 heavy (non-hydrogen) atoms. The molecule has 0 saturated heterocycles. The monoisotopic (exact) mass is 192 g/mol. The predicted octanol–water partition coefficient (Wildman–Crippen LogP) is 0.118. The Balaban J connectivity index is 2.31. The minimum atomic E-state index is -0.183. The van der Waals surface area contributed by atoms with Gasteiger partial charge in [0.05, 0.1) is 12.6 Å². The first kappa shape index (κ1) is 9.15. The first-order valence-electron chi connectivity index (χ1n) is 4.67. The fourth-order valence-corrected chi connectivity index (χ4v) is 1.64. The number of nitrogens with zero attached hydrogens (tertiary/aromatic N) is 1. The van der Waals surface area contributed by atoms with Crippen molar-refractivity contribution in [2.24, 2.45) is 0 Å². The summed E-state index contributed by atoms with van der Waals surface area (Å²) in [5.41, 5.74) is 1.45. The lowest BCUT2D eigenvalue weighted by atomic mass is 10.1.